The molecule has 1 aromatic rings. The molecule has 98 valence electrons. The van der Waals surface area contributed by atoms with Gasteiger partial charge in [-0.05, 0) is 38.1 Å². The molecule has 0 saturated heterocycles. The van der Waals surface area contributed by atoms with Crippen LogP contribution in [0.2, 0.25) is 0 Å². The summed E-state index contributed by atoms with van der Waals surface area (Å²) >= 11 is 0. The summed E-state index contributed by atoms with van der Waals surface area (Å²) in [5.74, 6) is 3.08. The van der Waals surface area contributed by atoms with Crippen molar-refractivity contribution in [3.05, 3.63) is 17.0 Å². The molecule has 0 aliphatic rings. The van der Waals surface area contributed by atoms with E-state index >= 15 is 0 Å². The Balaban J connectivity index is 2.47. The van der Waals surface area contributed by atoms with Gasteiger partial charge in [0.1, 0.15) is 5.76 Å². The zero-order valence-electron chi connectivity index (χ0n) is 12.0. The molecule has 17 heavy (non-hydrogen) atoms. The lowest BCUT2D eigenvalue weighted by atomic mass is 9.85. The van der Waals surface area contributed by atoms with Gasteiger partial charge in [0.25, 0.3) is 0 Å². The Kier molecular flexibility index (Phi) is 5.19. The number of hydrogen-bond acceptors (Lipinski definition) is 3. The summed E-state index contributed by atoms with van der Waals surface area (Å²) in [6, 6.07) is 0. The van der Waals surface area contributed by atoms with Gasteiger partial charge >= 0.3 is 0 Å². The fourth-order valence-corrected chi connectivity index (χ4v) is 2.36. The van der Waals surface area contributed by atoms with Gasteiger partial charge in [0, 0.05) is 12.1 Å². The first-order chi connectivity index (χ1) is 7.93. The molecule has 3 heteroatoms. The highest BCUT2D eigenvalue weighted by Gasteiger charge is 2.17. The first kappa shape index (κ1) is 14.2. The van der Waals surface area contributed by atoms with Crippen molar-refractivity contribution in [2.45, 2.75) is 48.1 Å². The average molecular weight is 238 g/mol. The van der Waals surface area contributed by atoms with Gasteiger partial charge in [-0.3, -0.25) is 0 Å². The molecule has 0 unspecified atom stereocenters. The Bertz CT molecular complexity index is 314. The lowest BCUT2D eigenvalue weighted by molar-refractivity contribution is 0.275. The van der Waals surface area contributed by atoms with Crippen molar-refractivity contribution in [1.82, 2.24) is 10.5 Å². The van der Waals surface area contributed by atoms with E-state index in [2.05, 4.69) is 38.2 Å². The molecule has 0 atom stereocenters. The van der Waals surface area contributed by atoms with Gasteiger partial charge in [-0.2, -0.15) is 0 Å². The number of nitrogens with one attached hydrogen (secondary N) is 1. The van der Waals surface area contributed by atoms with Crippen LogP contribution in [0.1, 0.15) is 44.7 Å². The lowest BCUT2D eigenvalue weighted by Gasteiger charge is -2.25. The summed E-state index contributed by atoms with van der Waals surface area (Å²) in [6.07, 6.45) is 0. The molecular formula is C14H26N2O. The van der Waals surface area contributed by atoms with Crippen LogP contribution in [0, 0.1) is 31.6 Å². The molecule has 1 rings (SSSR count). The molecular weight excluding hydrogens is 212 g/mol. The van der Waals surface area contributed by atoms with Crippen LogP contribution in [-0.2, 0) is 6.54 Å². The minimum Gasteiger partial charge on any atom is -0.361 e. The zero-order chi connectivity index (χ0) is 13.0. The maximum atomic E-state index is 5.16. The fraction of sp³-hybridized carbons (Fsp3) is 0.786. The van der Waals surface area contributed by atoms with Crippen molar-refractivity contribution in [3.8, 4) is 0 Å². The van der Waals surface area contributed by atoms with Crippen LogP contribution in [0.3, 0.4) is 0 Å². The molecule has 0 radical (unpaired) electrons. The summed E-state index contributed by atoms with van der Waals surface area (Å²) in [5.41, 5.74) is 2.21. The van der Waals surface area contributed by atoms with E-state index in [9.17, 15) is 0 Å². The quantitative estimate of drug-likeness (QED) is 0.826. The van der Waals surface area contributed by atoms with Crippen LogP contribution in [0.5, 0.6) is 0 Å². The number of hydrogen-bond donors (Lipinski definition) is 1. The van der Waals surface area contributed by atoms with E-state index in [1.165, 1.54) is 5.56 Å². The van der Waals surface area contributed by atoms with Gasteiger partial charge in [-0.1, -0.05) is 32.9 Å². The second kappa shape index (κ2) is 6.20. The maximum Gasteiger partial charge on any atom is 0.138 e. The van der Waals surface area contributed by atoms with Crippen LogP contribution >= 0.6 is 0 Å². The first-order valence-corrected chi connectivity index (χ1v) is 6.56. The zero-order valence-corrected chi connectivity index (χ0v) is 12.0. The number of aryl methyl sites for hydroxylation is 2. The number of nitrogens with zero attached hydrogens (tertiary/aromatic N) is 1. The van der Waals surface area contributed by atoms with Crippen molar-refractivity contribution >= 4 is 0 Å². The van der Waals surface area contributed by atoms with Crippen molar-refractivity contribution < 1.29 is 4.52 Å². The normalized spacial score (nSPS) is 12.1. The van der Waals surface area contributed by atoms with E-state index in [0.717, 1.165) is 30.5 Å². The SMILES string of the molecule is Cc1noc(C)c1CNCC(C(C)C)C(C)C. The molecule has 0 aromatic carbocycles. The lowest BCUT2D eigenvalue weighted by Crippen LogP contribution is -2.29. The van der Waals surface area contributed by atoms with Crippen molar-refractivity contribution in [2.75, 3.05) is 6.54 Å². The smallest absolute Gasteiger partial charge is 0.138 e. The highest BCUT2D eigenvalue weighted by molar-refractivity contribution is 5.20. The van der Waals surface area contributed by atoms with Gasteiger partial charge in [-0.15, -0.1) is 0 Å². The number of rotatable bonds is 6. The highest BCUT2D eigenvalue weighted by Crippen LogP contribution is 2.20. The molecule has 0 aliphatic carbocycles. The van der Waals surface area contributed by atoms with Crippen molar-refractivity contribution in [3.63, 3.8) is 0 Å². The van der Waals surface area contributed by atoms with Crippen LogP contribution < -0.4 is 5.32 Å². The molecule has 1 heterocycles. The minimum atomic E-state index is 0.715. The van der Waals surface area contributed by atoms with Gasteiger partial charge in [0.05, 0.1) is 5.69 Å². The Morgan fingerprint density at radius 1 is 1.12 bits per heavy atom. The molecule has 0 bridgehead atoms. The van der Waals surface area contributed by atoms with Gasteiger partial charge in [0.15, 0.2) is 0 Å². The largest absolute Gasteiger partial charge is 0.361 e. The third kappa shape index (κ3) is 3.84. The summed E-state index contributed by atoms with van der Waals surface area (Å²) in [4.78, 5) is 0. The van der Waals surface area contributed by atoms with E-state index in [0.29, 0.717) is 11.8 Å². The summed E-state index contributed by atoms with van der Waals surface area (Å²) in [6.45, 7) is 15.1. The Hall–Kier alpha value is -0.830. The van der Waals surface area contributed by atoms with Gasteiger partial charge in [0.2, 0.25) is 0 Å². The predicted octanol–water partition coefficient (Wildman–Crippen LogP) is 3.31. The summed E-state index contributed by atoms with van der Waals surface area (Å²) in [7, 11) is 0. The maximum absolute atomic E-state index is 5.16. The van der Waals surface area contributed by atoms with Crippen LogP contribution in [-0.4, -0.2) is 11.7 Å². The molecule has 0 aliphatic heterocycles. The van der Waals surface area contributed by atoms with Crippen LogP contribution in [0.25, 0.3) is 0 Å². The number of aromatic nitrogens is 1. The van der Waals surface area contributed by atoms with E-state index in [1.807, 2.05) is 13.8 Å². The van der Waals surface area contributed by atoms with Crippen LogP contribution in [0.4, 0.5) is 0 Å². The van der Waals surface area contributed by atoms with Gasteiger partial charge < -0.3 is 9.84 Å². The summed E-state index contributed by atoms with van der Waals surface area (Å²) < 4.78 is 5.16. The van der Waals surface area contributed by atoms with Crippen molar-refractivity contribution in [1.29, 1.82) is 0 Å². The van der Waals surface area contributed by atoms with Crippen molar-refractivity contribution in [2.24, 2.45) is 17.8 Å². The predicted molar refractivity (Wildman–Crippen MR) is 70.8 cm³/mol. The Morgan fingerprint density at radius 2 is 1.71 bits per heavy atom. The molecule has 0 saturated carbocycles. The van der Waals surface area contributed by atoms with E-state index in [-0.39, 0.29) is 0 Å². The summed E-state index contributed by atoms with van der Waals surface area (Å²) in [5, 5.41) is 7.50. The minimum absolute atomic E-state index is 0.715. The second-order valence-corrected chi connectivity index (χ2v) is 5.59. The third-order valence-corrected chi connectivity index (χ3v) is 3.58. The van der Waals surface area contributed by atoms with Crippen LogP contribution in [0.15, 0.2) is 4.52 Å². The molecule has 1 N–H and O–H groups in total. The molecule has 0 amide bonds. The topological polar surface area (TPSA) is 38.1 Å². The first-order valence-electron chi connectivity index (χ1n) is 6.56. The third-order valence-electron chi connectivity index (χ3n) is 3.58. The average Bonchev–Trinajstić information content (AvgIpc) is 2.53. The second-order valence-electron chi connectivity index (χ2n) is 5.59. The molecule has 0 spiro atoms. The molecule has 3 nitrogen and oxygen atoms in total. The van der Waals surface area contributed by atoms with Gasteiger partial charge in [-0.25, -0.2) is 0 Å². The fourth-order valence-electron chi connectivity index (χ4n) is 2.36. The van der Waals surface area contributed by atoms with E-state index in [4.69, 9.17) is 4.52 Å². The van der Waals surface area contributed by atoms with E-state index < -0.39 is 0 Å². The Morgan fingerprint density at radius 3 is 2.12 bits per heavy atom. The monoisotopic (exact) mass is 238 g/mol. The molecule has 0 fully saturated rings. The highest BCUT2D eigenvalue weighted by atomic mass is 16.5. The molecule has 1 aromatic heterocycles. The Labute approximate surface area is 105 Å². The van der Waals surface area contributed by atoms with E-state index in [1.54, 1.807) is 0 Å². The standard InChI is InChI=1S/C14H26N2O/c1-9(2)13(10(3)4)7-15-8-14-11(5)16-17-12(14)6/h9-10,13,15H,7-8H2,1-6H3.